The summed E-state index contributed by atoms with van der Waals surface area (Å²) in [5.74, 6) is 0.173. The number of rotatable bonds is 4. The first-order valence-electron chi connectivity index (χ1n) is 5.93. The van der Waals surface area contributed by atoms with E-state index in [1.54, 1.807) is 13.8 Å². The third-order valence-electron chi connectivity index (χ3n) is 2.68. The third-order valence-corrected chi connectivity index (χ3v) is 5.27. The fourth-order valence-electron chi connectivity index (χ4n) is 1.66. The number of carbonyl (C=O) groups is 2. The molecule has 0 saturated carbocycles. The van der Waals surface area contributed by atoms with Crippen molar-refractivity contribution in [1.29, 1.82) is 0 Å². The van der Waals surface area contributed by atoms with Gasteiger partial charge in [-0.05, 0) is 26.0 Å². The molecule has 0 fully saturated rings. The first-order chi connectivity index (χ1) is 9.06. The minimum atomic E-state index is -0.360. The Bertz CT molecular complexity index is 577. The second kappa shape index (κ2) is 6.10. The summed E-state index contributed by atoms with van der Waals surface area (Å²) in [6.07, 6.45) is 0. The lowest BCUT2D eigenvalue weighted by molar-refractivity contribution is -0.597. The molecule has 0 bridgehead atoms. The molecule has 2 rings (SSSR count). The van der Waals surface area contributed by atoms with Crippen LogP contribution in [0.4, 0.5) is 0 Å². The molecule has 0 N–H and O–H groups in total. The van der Waals surface area contributed by atoms with Gasteiger partial charge in [0.2, 0.25) is 0 Å². The standard InChI is InChI=1S/C16H14IO2/c1-11(18)13-5-3-7-15(9-13)17-16-8-4-6-14(10-16)12(2)19/h3-10H,1-2H3/q+1. The van der Waals surface area contributed by atoms with Gasteiger partial charge in [0.1, 0.15) is 0 Å². The van der Waals surface area contributed by atoms with Gasteiger partial charge < -0.3 is 0 Å². The normalized spacial score (nSPS) is 10.2. The molecule has 0 aliphatic heterocycles. The highest BCUT2D eigenvalue weighted by molar-refractivity contribution is 5.94. The number of carbonyl (C=O) groups excluding carboxylic acids is 2. The first-order valence-corrected chi connectivity index (χ1v) is 8.09. The Morgan fingerprint density at radius 3 is 1.58 bits per heavy atom. The minimum absolute atomic E-state index is 0.0864. The van der Waals surface area contributed by atoms with E-state index < -0.39 is 0 Å². The Balaban J connectivity index is 2.26. The first kappa shape index (κ1) is 13.9. The van der Waals surface area contributed by atoms with E-state index >= 15 is 0 Å². The van der Waals surface area contributed by atoms with Crippen LogP contribution < -0.4 is 21.2 Å². The van der Waals surface area contributed by atoms with Crippen LogP contribution in [-0.2, 0) is 0 Å². The lowest BCUT2D eigenvalue weighted by Gasteiger charge is -1.95. The average Bonchev–Trinajstić information content (AvgIpc) is 2.39. The third kappa shape index (κ3) is 3.73. The second-order valence-corrected chi connectivity index (χ2v) is 7.26. The minimum Gasteiger partial charge on any atom is -0.295 e. The van der Waals surface area contributed by atoms with Gasteiger partial charge in [0.05, 0.1) is 0 Å². The fraction of sp³-hybridized carbons (Fsp3) is 0.125. The lowest BCUT2D eigenvalue weighted by atomic mass is 10.2. The van der Waals surface area contributed by atoms with Gasteiger partial charge in [-0.25, -0.2) is 0 Å². The second-order valence-electron chi connectivity index (χ2n) is 4.23. The van der Waals surface area contributed by atoms with E-state index in [0.29, 0.717) is 0 Å². The molecule has 0 heterocycles. The van der Waals surface area contributed by atoms with Crippen LogP contribution in [0.5, 0.6) is 0 Å². The van der Waals surface area contributed by atoms with Crippen molar-refractivity contribution in [2.24, 2.45) is 0 Å². The molecule has 19 heavy (non-hydrogen) atoms. The molecule has 0 radical (unpaired) electrons. The van der Waals surface area contributed by atoms with Gasteiger partial charge in [0.15, 0.2) is 18.7 Å². The molecule has 0 saturated heterocycles. The zero-order chi connectivity index (χ0) is 13.8. The van der Waals surface area contributed by atoms with Crippen molar-refractivity contribution in [2.45, 2.75) is 13.8 Å². The predicted molar refractivity (Wildman–Crippen MR) is 70.3 cm³/mol. The van der Waals surface area contributed by atoms with Crippen LogP contribution in [0.25, 0.3) is 0 Å². The monoisotopic (exact) mass is 365 g/mol. The molecule has 0 atom stereocenters. The van der Waals surface area contributed by atoms with E-state index in [9.17, 15) is 9.59 Å². The molecule has 3 heteroatoms. The highest BCUT2D eigenvalue weighted by Gasteiger charge is 2.17. The van der Waals surface area contributed by atoms with Crippen molar-refractivity contribution in [3.63, 3.8) is 0 Å². The van der Waals surface area contributed by atoms with E-state index in [0.717, 1.165) is 11.1 Å². The smallest absolute Gasteiger partial charge is 0.295 e. The molecule has 0 spiro atoms. The summed E-state index contributed by atoms with van der Waals surface area (Å²) in [6.45, 7) is 3.15. The van der Waals surface area contributed by atoms with Crippen molar-refractivity contribution in [1.82, 2.24) is 0 Å². The summed E-state index contributed by atoms with van der Waals surface area (Å²) in [6, 6.07) is 15.5. The van der Waals surface area contributed by atoms with Crippen molar-refractivity contribution in [3.8, 4) is 0 Å². The molecular weight excluding hydrogens is 351 g/mol. The van der Waals surface area contributed by atoms with Crippen LogP contribution in [0.1, 0.15) is 34.6 Å². The van der Waals surface area contributed by atoms with E-state index in [4.69, 9.17) is 0 Å². The quantitative estimate of drug-likeness (QED) is 0.574. The number of hydrogen-bond donors (Lipinski definition) is 0. The van der Waals surface area contributed by atoms with Gasteiger partial charge in [-0.3, -0.25) is 9.59 Å². The number of benzene rings is 2. The van der Waals surface area contributed by atoms with E-state index in [-0.39, 0.29) is 32.8 Å². The molecule has 0 unspecified atom stereocenters. The van der Waals surface area contributed by atoms with Crippen LogP contribution >= 0.6 is 0 Å². The van der Waals surface area contributed by atoms with Crippen LogP contribution in [0.2, 0.25) is 0 Å². The highest BCUT2D eigenvalue weighted by atomic mass is 127. The van der Waals surface area contributed by atoms with Crippen molar-refractivity contribution in [3.05, 3.63) is 66.8 Å². The summed E-state index contributed by atoms with van der Waals surface area (Å²) in [7, 11) is 0. The largest absolute Gasteiger partial charge is 0.357 e. The van der Waals surface area contributed by atoms with E-state index in [2.05, 4.69) is 0 Å². The Hall–Kier alpha value is -1.49. The van der Waals surface area contributed by atoms with Crippen molar-refractivity contribution < 1.29 is 30.8 Å². The van der Waals surface area contributed by atoms with E-state index in [1.165, 1.54) is 7.14 Å². The molecule has 2 nitrogen and oxygen atoms in total. The average molecular weight is 365 g/mol. The molecule has 96 valence electrons. The Kier molecular flexibility index (Phi) is 4.47. The summed E-state index contributed by atoms with van der Waals surface area (Å²) >= 11 is -0.360. The summed E-state index contributed by atoms with van der Waals surface area (Å²) in [5, 5.41) is 0. The number of hydrogen-bond acceptors (Lipinski definition) is 2. The lowest BCUT2D eigenvalue weighted by Crippen LogP contribution is -3.61. The van der Waals surface area contributed by atoms with Crippen LogP contribution in [0, 0.1) is 7.14 Å². The van der Waals surface area contributed by atoms with Crippen LogP contribution in [0.15, 0.2) is 48.5 Å². The maximum atomic E-state index is 11.4. The molecule has 0 amide bonds. The van der Waals surface area contributed by atoms with Gasteiger partial charge in [-0.2, -0.15) is 0 Å². The number of halogens is 1. The Morgan fingerprint density at radius 2 is 1.21 bits per heavy atom. The summed E-state index contributed by atoms with van der Waals surface area (Å²) < 4.78 is 2.37. The maximum Gasteiger partial charge on any atom is 0.357 e. The molecule has 0 aliphatic rings. The Morgan fingerprint density at radius 1 is 0.789 bits per heavy atom. The van der Waals surface area contributed by atoms with Gasteiger partial charge in [-0.1, -0.05) is 24.3 Å². The van der Waals surface area contributed by atoms with Gasteiger partial charge in [0, 0.05) is 23.3 Å². The molecule has 2 aromatic rings. The zero-order valence-corrected chi connectivity index (χ0v) is 13.0. The molecular formula is C16H14IO2+. The highest BCUT2D eigenvalue weighted by Crippen LogP contribution is 2.00. The van der Waals surface area contributed by atoms with Gasteiger partial charge >= 0.3 is 21.2 Å². The van der Waals surface area contributed by atoms with Gasteiger partial charge in [-0.15, -0.1) is 0 Å². The summed E-state index contributed by atoms with van der Waals surface area (Å²) in [5.41, 5.74) is 1.50. The predicted octanol–water partition coefficient (Wildman–Crippen LogP) is 0.220. The number of Topliss-reactive ketones (excluding diaryl/α,β-unsaturated/α-hetero) is 2. The van der Waals surface area contributed by atoms with Crippen molar-refractivity contribution >= 4 is 11.6 Å². The van der Waals surface area contributed by atoms with Crippen molar-refractivity contribution in [2.75, 3.05) is 0 Å². The fourth-order valence-corrected chi connectivity index (χ4v) is 4.13. The number of ketones is 2. The topological polar surface area (TPSA) is 34.1 Å². The molecule has 2 aromatic carbocycles. The SMILES string of the molecule is CC(=O)c1cccc([I+]c2cccc(C(C)=O)c2)c1. The maximum absolute atomic E-state index is 11.4. The summed E-state index contributed by atoms with van der Waals surface area (Å²) in [4.78, 5) is 22.7. The van der Waals surface area contributed by atoms with Crippen LogP contribution in [0.3, 0.4) is 0 Å². The Labute approximate surface area is 123 Å². The van der Waals surface area contributed by atoms with E-state index in [1.807, 2.05) is 48.5 Å². The zero-order valence-electron chi connectivity index (χ0n) is 10.8. The van der Waals surface area contributed by atoms with Gasteiger partial charge in [0.25, 0.3) is 0 Å². The molecule has 0 aromatic heterocycles. The molecule has 0 aliphatic carbocycles. The van der Waals surface area contributed by atoms with Crippen LogP contribution in [-0.4, -0.2) is 11.6 Å².